The van der Waals surface area contributed by atoms with E-state index >= 15 is 0 Å². The van der Waals surface area contributed by atoms with Crippen LogP contribution >= 0.6 is 23.4 Å². The van der Waals surface area contributed by atoms with Crippen molar-refractivity contribution >= 4 is 46.0 Å². The largest absolute Gasteiger partial charge is 0.436 e. The summed E-state index contributed by atoms with van der Waals surface area (Å²) in [5, 5.41) is 2.02. The average molecular weight is 377 g/mol. The predicted molar refractivity (Wildman–Crippen MR) is 100 cm³/mol. The third-order valence-corrected chi connectivity index (χ3v) is 5.28. The summed E-state index contributed by atoms with van der Waals surface area (Å²) in [6.07, 6.45) is 16.4. The second-order valence-electron chi connectivity index (χ2n) is 4.80. The molecule has 0 saturated carbocycles. The molecule has 4 nitrogen and oxygen atoms in total. The van der Waals surface area contributed by atoms with E-state index in [0.717, 1.165) is 15.5 Å². The summed E-state index contributed by atoms with van der Waals surface area (Å²) in [7, 11) is -1.05. The highest BCUT2D eigenvalue weighted by Crippen LogP contribution is 2.34. The van der Waals surface area contributed by atoms with E-state index in [1.165, 1.54) is 18.2 Å². The van der Waals surface area contributed by atoms with E-state index in [2.05, 4.69) is 15.7 Å². The number of nitrogens with zero attached hydrogens (tertiary/aromatic N) is 2. The minimum Gasteiger partial charge on any atom is -0.436 e. The molecule has 1 aliphatic heterocycles. The standard InChI is InChI=1S/C17H13ClN2O2S2/c1-24(21)14-6-2-4-12(8-9-14)16-17(22-11-20-16)23-15-7-3-5-13(18)10-19-15/h2,5-11H,3H2,1H3. The number of aliphatic imine (C=N–C) groups is 1. The van der Waals surface area contributed by atoms with E-state index in [1.807, 2.05) is 18.2 Å². The number of hydrogen-bond acceptors (Lipinski definition) is 5. The molecule has 0 radical (unpaired) electrons. The summed E-state index contributed by atoms with van der Waals surface area (Å²) in [6, 6.07) is 0. The third kappa shape index (κ3) is 4.16. The quantitative estimate of drug-likeness (QED) is 0.722. The van der Waals surface area contributed by atoms with Crippen molar-refractivity contribution in [3.8, 4) is 0 Å². The first-order valence-electron chi connectivity index (χ1n) is 7.03. The lowest BCUT2D eigenvalue weighted by atomic mass is 10.2. The van der Waals surface area contributed by atoms with Crippen molar-refractivity contribution in [3.05, 3.63) is 69.2 Å². The Labute approximate surface area is 151 Å². The van der Waals surface area contributed by atoms with Gasteiger partial charge in [0.1, 0.15) is 10.7 Å². The van der Waals surface area contributed by atoms with Crippen LogP contribution in [0.5, 0.6) is 0 Å². The van der Waals surface area contributed by atoms with Crippen molar-refractivity contribution in [1.82, 2.24) is 4.98 Å². The SMILES string of the molecule is CS(=O)C1=CC=C=C(c2ncoc2SC2=CCC=C(Cl)C=N2)C=C1. The molecule has 1 aromatic heterocycles. The lowest BCUT2D eigenvalue weighted by molar-refractivity contribution is 0.469. The molecule has 0 fully saturated rings. The van der Waals surface area contributed by atoms with Crippen LogP contribution in [0.4, 0.5) is 0 Å². The third-order valence-electron chi connectivity index (χ3n) is 3.14. The average Bonchev–Trinajstić information content (AvgIpc) is 2.75. The monoisotopic (exact) mass is 376 g/mol. The molecule has 2 aliphatic rings. The van der Waals surface area contributed by atoms with Crippen molar-refractivity contribution in [2.75, 3.05) is 6.26 Å². The Bertz CT molecular complexity index is 897. The Kier molecular flexibility index (Phi) is 5.53. The highest BCUT2D eigenvalue weighted by Gasteiger charge is 2.15. The van der Waals surface area contributed by atoms with Crippen LogP contribution in [0.15, 0.2) is 78.0 Å². The molecule has 3 rings (SSSR count). The van der Waals surface area contributed by atoms with E-state index in [4.69, 9.17) is 16.0 Å². The Morgan fingerprint density at radius 1 is 1.38 bits per heavy atom. The number of allylic oxidation sites excluding steroid dienone is 7. The van der Waals surface area contributed by atoms with E-state index in [9.17, 15) is 4.21 Å². The van der Waals surface area contributed by atoms with Crippen LogP contribution in [-0.2, 0) is 10.8 Å². The molecule has 0 N–H and O–H groups in total. The van der Waals surface area contributed by atoms with Gasteiger partial charge in [-0.1, -0.05) is 17.7 Å². The Morgan fingerprint density at radius 3 is 3.08 bits per heavy atom. The molecule has 24 heavy (non-hydrogen) atoms. The maximum Gasteiger partial charge on any atom is 0.195 e. The summed E-state index contributed by atoms with van der Waals surface area (Å²) in [4.78, 5) is 9.33. The summed E-state index contributed by atoms with van der Waals surface area (Å²) in [5.74, 6) is 0. The van der Waals surface area contributed by atoms with Crippen molar-refractivity contribution in [2.45, 2.75) is 11.5 Å². The van der Waals surface area contributed by atoms with Gasteiger partial charge in [-0.15, -0.1) is 5.73 Å². The highest BCUT2D eigenvalue weighted by atomic mass is 35.5. The van der Waals surface area contributed by atoms with E-state index < -0.39 is 10.8 Å². The van der Waals surface area contributed by atoms with Gasteiger partial charge in [0.15, 0.2) is 11.5 Å². The molecule has 0 saturated heterocycles. The molecule has 1 atom stereocenters. The fourth-order valence-electron chi connectivity index (χ4n) is 1.98. The predicted octanol–water partition coefficient (Wildman–Crippen LogP) is 4.58. The van der Waals surface area contributed by atoms with Gasteiger partial charge in [0.2, 0.25) is 0 Å². The van der Waals surface area contributed by atoms with Crippen LogP contribution in [0.2, 0.25) is 0 Å². The number of oxazole rings is 1. The molecule has 1 unspecified atom stereocenters. The molecule has 0 spiro atoms. The van der Waals surface area contributed by atoms with Crippen LogP contribution < -0.4 is 0 Å². The molecule has 0 aromatic carbocycles. The summed E-state index contributed by atoms with van der Waals surface area (Å²) in [5.41, 5.74) is 4.57. The molecule has 0 amide bonds. The lowest BCUT2D eigenvalue weighted by Gasteiger charge is -2.00. The van der Waals surface area contributed by atoms with E-state index in [-0.39, 0.29) is 0 Å². The van der Waals surface area contributed by atoms with Gasteiger partial charge in [0.25, 0.3) is 0 Å². The first kappa shape index (κ1) is 17.0. The highest BCUT2D eigenvalue weighted by molar-refractivity contribution is 8.03. The van der Waals surface area contributed by atoms with Crippen LogP contribution in [0.3, 0.4) is 0 Å². The maximum atomic E-state index is 11.6. The molecular weight excluding hydrogens is 364 g/mol. The molecule has 1 aromatic rings. The Hall–Kier alpha value is -1.85. The second-order valence-corrected chi connectivity index (χ2v) is 7.61. The minimum atomic E-state index is -1.05. The van der Waals surface area contributed by atoms with Gasteiger partial charge in [-0.25, -0.2) is 9.98 Å². The molecule has 1 aliphatic carbocycles. The van der Waals surface area contributed by atoms with Crippen LogP contribution in [0.25, 0.3) is 5.57 Å². The van der Waals surface area contributed by atoms with Crippen LogP contribution in [-0.4, -0.2) is 21.7 Å². The number of aromatic nitrogens is 1. The number of hydrogen-bond donors (Lipinski definition) is 0. The van der Waals surface area contributed by atoms with Gasteiger partial charge < -0.3 is 4.42 Å². The first-order valence-corrected chi connectivity index (χ1v) is 9.79. The Morgan fingerprint density at radius 2 is 2.25 bits per heavy atom. The van der Waals surface area contributed by atoms with E-state index in [0.29, 0.717) is 22.2 Å². The van der Waals surface area contributed by atoms with Crippen molar-refractivity contribution < 1.29 is 8.63 Å². The minimum absolute atomic E-state index is 0.614. The fraction of sp³-hybridized carbons (Fsp3) is 0.118. The van der Waals surface area contributed by atoms with Gasteiger partial charge in [0.05, 0.1) is 5.03 Å². The van der Waals surface area contributed by atoms with Crippen LogP contribution in [0, 0.1) is 0 Å². The van der Waals surface area contributed by atoms with Crippen molar-refractivity contribution in [3.63, 3.8) is 0 Å². The van der Waals surface area contributed by atoms with Gasteiger partial charge in [-0.2, -0.15) is 0 Å². The van der Waals surface area contributed by atoms with Crippen LogP contribution in [0.1, 0.15) is 12.1 Å². The zero-order valence-electron chi connectivity index (χ0n) is 12.7. The lowest BCUT2D eigenvalue weighted by Crippen LogP contribution is -1.87. The normalized spacial score (nSPS) is 18.2. The summed E-state index contributed by atoms with van der Waals surface area (Å²) in [6.45, 7) is 0. The van der Waals surface area contributed by atoms with Gasteiger partial charge in [-0.3, -0.25) is 4.21 Å². The molecule has 0 bridgehead atoms. The second kappa shape index (κ2) is 7.81. The topological polar surface area (TPSA) is 55.5 Å². The smallest absolute Gasteiger partial charge is 0.195 e. The molecular formula is C17H13ClN2O2S2. The zero-order valence-corrected chi connectivity index (χ0v) is 15.1. The molecule has 2 heterocycles. The van der Waals surface area contributed by atoms with Gasteiger partial charge >= 0.3 is 0 Å². The molecule has 7 heteroatoms. The fourth-order valence-corrected chi connectivity index (χ4v) is 3.46. The first-order chi connectivity index (χ1) is 11.6. The maximum absolute atomic E-state index is 11.6. The summed E-state index contributed by atoms with van der Waals surface area (Å²) >= 11 is 7.33. The van der Waals surface area contributed by atoms with Gasteiger partial charge in [-0.05, 0) is 48.6 Å². The molecule has 122 valence electrons. The zero-order chi connectivity index (χ0) is 16.9. The van der Waals surface area contributed by atoms with E-state index in [1.54, 1.807) is 30.7 Å². The van der Waals surface area contributed by atoms with Crippen molar-refractivity contribution in [2.24, 2.45) is 4.99 Å². The number of halogens is 1. The number of thioether (sulfide) groups is 1. The van der Waals surface area contributed by atoms with Crippen molar-refractivity contribution in [1.29, 1.82) is 0 Å². The van der Waals surface area contributed by atoms with Gasteiger partial charge in [0, 0.05) is 33.7 Å². The number of rotatable bonds is 4. The summed E-state index contributed by atoms with van der Waals surface area (Å²) < 4.78 is 17.1. The Balaban J connectivity index is 1.84.